The van der Waals surface area contributed by atoms with Crippen molar-refractivity contribution in [3.8, 4) is 0 Å². The third-order valence-corrected chi connectivity index (χ3v) is 4.95. The number of nitrogens with one attached hydrogen (secondary N) is 3. The van der Waals surface area contributed by atoms with Crippen LogP contribution in [0.4, 0.5) is 0 Å². The molecule has 0 radical (unpaired) electrons. The minimum atomic E-state index is -0.371. The number of rotatable bonds is 3. The molecule has 2 fully saturated rings. The number of nitrogens with zero attached hydrogens (tertiary/aromatic N) is 1. The predicted octanol–water partition coefficient (Wildman–Crippen LogP) is 0.201. The van der Waals surface area contributed by atoms with E-state index in [1.54, 1.807) is 18.3 Å². The lowest BCUT2D eigenvalue weighted by molar-refractivity contribution is -0.122. The van der Waals surface area contributed by atoms with Gasteiger partial charge in [0.25, 0.3) is 5.91 Å². The van der Waals surface area contributed by atoms with Crippen LogP contribution in [0, 0.1) is 11.8 Å². The van der Waals surface area contributed by atoms with Crippen LogP contribution in [-0.4, -0.2) is 53.4 Å². The molecule has 21 heavy (non-hydrogen) atoms. The van der Waals surface area contributed by atoms with E-state index in [2.05, 4.69) is 34.4 Å². The second-order valence-corrected chi connectivity index (χ2v) is 6.52. The van der Waals surface area contributed by atoms with Crippen LogP contribution in [0.2, 0.25) is 0 Å². The number of imide groups is 1. The van der Waals surface area contributed by atoms with Crippen LogP contribution in [-0.2, 0) is 4.79 Å². The van der Waals surface area contributed by atoms with Crippen molar-refractivity contribution in [2.75, 3.05) is 26.2 Å². The maximum Gasteiger partial charge on any atom is 0.274 e. The summed E-state index contributed by atoms with van der Waals surface area (Å²) in [5.41, 5.74) is 0.395. The highest BCUT2D eigenvalue weighted by atomic mass is 16.2. The number of aromatic amines is 1. The van der Waals surface area contributed by atoms with Gasteiger partial charge in [-0.05, 0) is 44.4 Å². The van der Waals surface area contributed by atoms with E-state index in [4.69, 9.17) is 0 Å². The van der Waals surface area contributed by atoms with Gasteiger partial charge in [0.1, 0.15) is 5.69 Å². The zero-order valence-corrected chi connectivity index (χ0v) is 12.5. The summed E-state index contributed by atoms with van der Waals surface area (Å²) in [4.78, 5) is 29.0. The molecule has 6 heteroatoms. The molecule has 2 aliphatic rings. The lowest BCUT2D eigenvalue weighted by Gasteiger charge is -2.35. The second-order valence-electron chi connectivity index (χ2n) is 6.52. The molecule has 6 nitrogen and oxygen atoms in total. The van der Waals surface area contributed by atoms with E-state index in [9.17, 15) is 9.59 Å². The first-order valence-corrected chi connectivity index (χ1v) is 7.42. The van der Waals surface area contributed by atoms with Crippen molar-refractivity contribution in [1.82, 2.24) is 20.5 Å². The number of carbonyl (C=O) groups excluding carboxylic acids is 2. The van der Waals surface area contributed by atoms with E-state index in [1.807, 2.05) is 0 Å². The van der Waals surface area contributed by atoms with Crippen molar-refractivity contribution in [3.05, 3.63) is 24.0 Å². The molecule has 1 aromatic rings. The van der Waals surface area contributed by atoms with E-state index in [0.29, 0.717) is 17.5 Å². The Morgan fingerprint density at radius 2 is 2.24 bits per heavy atom. The zero-order chi connectivity index (χ0) is 15.0. The fourth-order valence-electron chi connectivity index (χ4n) is 3.65. The average molecular weight is 290 g/mol. The van der Waals surface area contributed by atoms with Gasteiger partial charge in [-0.3, -0.25) is 19.8 Å². The topological polar surface area (TPSA) is 77.2 Å². The number of carbonyl (C=O) groups is 2. The number of hydrogen-bond donors (Lipinski definition) is 3. The summed E-state index contributed by atoms with van der Waals surface area (Å²) in [5.74, 6) is 0.566. The van der Waals surface area contributed by atoms with Crippen LogP contribution in [0.15, 0.2) is 18.3 Å². The second kappa shape index (κ2) is 5.27. The summed E-state index contributed by atoms with van der Waals surface area (Å²) < 4.78 is 0. The molecule has 0 spiro atoms. The first-order chi connectivity index (χ1) is 9.98. The lowest BCUT2D eigenvalue weighted by Crippen LogP contribution is -2.49. The molecule has 3 heterocycles. The Morgan fingerprint density at radius 3 is 2.90 bits per heavy atom. The molecule has 3 rings (SSSR count). The van der Waals surface area contributed by atoms with Crippen molar-refractivity contribution in [2.45, 2.75) is 19.4 Å². The fourth-order valence-corrected chi connectivity index (χ4v) is 3.65. The summed E-state index contributed by atoms with van der Waals surface area (Å²) >= 11 is 0. The monoisotopic (exact) mass is 290 g/mol. The third kappa shape index (κ3) is 2.61. The van der Waals surface area contributed by atoms with Gasteiger partial charge < -0.3 is 10.3 Å². The van der Waals surface area contributed by atoms with Crippen molar-refractivity contribution in [2.24, 2.45) is 11.8 Å². The standard InChI is InChI=1S/C15H22N4O2/c1-15(2)11-7-16-6-10(11)8-19(15)9-13(20)18-14(21)12-4-3-5-17-12/h3-5,10-11,16-17H,6-9H2,1-2H3,(H,18,20,21). The van der Waals surface area contributed by atoms with Gasteiger partial charge in [0.15, 0.2) is 0 Å². The van der Waals surface area contributed by atoms with Gasteiger partial charge in [0.05, 0.1) is 6.54 Å². The Hall–Kier alpha value is -1.66. The van der Waals surface area contributed by atoms with Crippen molar-refractivity contribution >= 4 is 11.8 Å². The smallest absolute Gasteiger partial charge is 0.274 e. The van der Waals surface area contributed by atoms with E-state index < -0.39 is 0 Å². The van der Waals surface area contributed by atoms with Crippen LogP contribution < -0.4 is 10.6 Å². The Kier molecular flexibility index (Phi) is 3.59. The average Bonchev–Trinajstić information content (AvgIpc) is 3.11. The molecular formula is C15H22N4O2. The van der Waals surface area contributed by atoms with Crippen molar-refractivity contribution < 1.29 is 9.59 Å². The molecule has 2 aliphatic heterocycles. The minimum Gasteiger partial charge on any atom is -0.357 e. The van der Waals surface area contributed by atoms with Gasteiger partial charge in [0.2, 0.25) is 5.91 Å². The highest BCUT2D eigenvalue weighted by Crippen LogP contribution is 2.40. The summed E-state index contributed by atoms with van der Waals surface area (Å²) in [7, 11) is 0. The van der Waals surface area contributed by atoms with Crippen LogP contribution in [0.5, 0.6) is 0 Å². The summed E-state index contributed by atoms with van der Waals surface area (Å²) in [6, 6.07) is 3.38. The van der Waals surface area contributed by atoms with Gasteiger partial charge in [-0.1, -0.05) is 0 Å². The Labute approximate surface area is 124 Å². The van der Waals surface area contributed by atoms with E-state index in [0.717, 1.165) is 19.6 Å². The number of hydrogen-bond acceptors (Lipinski definition) is 4. The third-order valence-electron chi connectivity index (χ3n) is 4.95. The maximum absolute atomic E-state index is 12.1. The molecule has 3 N–H and O–H groups in total. The predicted molar refractivity (Wildman–Crippen MR) is 78.8 cm³/mol. The lowest BCUT2D eigenvalue weighted by atomic mass is 9.85. The number of likely N-dealkylation sites (tertiary alicyclic amines) is 1. The Morgan fingerprint density at radius 1 is 1.43 bits per heavy atom. The normalized spacial score (nSPS) is 27.5. The molecule has 0 aromatic carbocycles. The van der Waals surface area contributed by atoms with Crippen LogP contribution in [0.25, 0.3) is 0 Å². The van der Waals surface area contributed by atoms with Crippen LogP contribution in [0.1, 0.15) is 24.3 Å². The largest absolute Gasteiger partial charge is 0.357 e. The quantitative estimate of drug-likeness (QED) is 0.743. The molecule has 114 valence electrons. The molecule has 2 amide bonds. The van der Waals surface area contributed by atoms with Crippen LogP contribution >= 0.6 is 0 Å². The first-order valence-electron chi connectivity index (χ1n) is 7.42. The van der Waals surface area contributed by atoms with Gasteiger partial charge >= 0.3 is 0 Å². The maximum atomic E-state index is 12.1. The summed E-state index contributed by atoms with van der Waals surface area (Å²) in [6.45, 7) is 7.58. The number of H-pyrrole nitrogens is 1. The zero-order valence-electron chi connectivity index (χ0n) is 12.5. The fraction of sp³-hybridized carbons (Fsp3) is 0.600. The highest BCUT2D eigenvalue weighted by Gasteiger charge is 2.49. The molecule has 0 aliphatic carbocycles. The SMILES string of the molecule is CC1(C)C2CNCC2CN1CC(=O)NC(=O)c1ccc[nH]1. The molecule has 2 saturated heterocycles. The first kappa shape index (κ1) is 14.3. The minimum absolute atomic E-state index is 0.0129. The molecular weight excluding hydrogens is 268 g/mol. The summed E-state index contributed by atoms with van der Waals surface area (Å²) in [6.07, 6.45) is 1.66. The molecule has 0 bridgehead atoms. The number of aromatic nitrogens is 1. The van der Waals surface area contributed by atoms with Crippen molar-refractivity contribution in [3.63, 3.8) is 0 Å². The van der Waals surface area contributed by atoms with E-state index in [1.165, 1.54) is 0 Å². The molecule has 2 atom stereocenters. The van der Waals surface area contributed by atoms with E-state index in [-0.39, 0.29) is 23.9 Å². The Bertz CT molecular complexity index is 538. The summed E-state index contributed by atoms with van der Waals surface area (Å²) in [5, 5.41) is 5.87. The van der Waals surface area contributed by atoms with Crippen molar-refractivity contribution in [1.29, 1.82) is 0 Å². The van der Waals surface area contributed by atoms with Gasteiger partial charge in [-0.15, -0.1) is 0 Å². The van der Waals surface area contributed by atoms with Gasteiger partial charge in [-0.2, -0.15) is 0 Å². The van der Waals surface area contributed by atoms with E-state index >= 15 is 0 Å². The Balaban J connectivity index is 1.59. The van der Waals surface area contributed by atoms with Gasteiger partial charge in [-0.25, -0.2) is 0 Å². The highest BCUT2D eigenvalue weighted by molar-refractivity contribution is 6.04. The molecule has 0 saturated carbocycles. The molecule has 2 unspecified atom stereocenters. The van der Waals surface area contributed by atoms with Crippen LogP contribution in [0.3, 0.4) is 0 Å². The molecule has 1 aromatic heterocycles. The number of fused-ring (bicyclic) bond motifs is 1. The van der Waals surface area contributed by atoms with Gasteiger partial charge in [0, 0.05) is 24.8 Å². The number of amides is 2.